The molecule has 2 rings (SSSR count). The van der Waals surface area contributed by atoms with E-state index in [1.54, 1.807) is 13.0 Å². The van der Waals surface area contributed by atoms with Gasteiger partial charge < -0.3 is 4.74 Å². The average molecular weight is 376 g/mol. The highest BCUT2D eigenvalue weighted by Gasteiger charge is 2.18. The summed E-state index contributed by atoms with van der Waals surface area (Å²) in [6.07, 6.45) is 0. The molecule has 7 heteroatoms. The molecule has 0 atom stereocenters. The van der Waals surface area contributed by atoms with Gasteiger partial charge in [0, 0.05) is 11.4 Å². The highest BCUT2D eigenvalue weighted by Crippen LogP contribution is 2.29. The zero-order valence-electron chi connectivity index (χ0n) is 10.8. The molecule has 0 aliphatic heterocycles. The number of aryl methyl sites for hydroxylation is 1. The Labute approximate surface area is 131 Å². The van der Waals surface area contributed by atoms with Gasteiger partial charge in [0.2, 0.25) is 10.0 Å². The standard InChI is InChI=1S/C13H14BrNO3S2/c1-10-12(9-13(14)19-10)20(16,17)15-7-8-18-11-5-3-2-4-6-11/h2-6,9,15H,7-8H2,1H3. The molecular formula is C13H14BrNO3S2. The van der Waals surface area contributed by atoms with Crippen molar-refractivity contribution in [2.75, 3.05) is 13.2 Å². The van der Waals surface area contributed by atoms with Crippen molar-refractivity contribution >= 4 is 37.3 Å². The minimum absolute atomic E-state index is 0.226. The van der Waals surface area contributed by atoms with Crippen molar-refractivity contribution in [2.24, 2.45) is 0 Å². The zero-order chi connectivity index (χ0) is 14.6. The number of hydrogen-bond acceptors (Lipinski definition) is 4. The van der Waals surface area contributed by atoms with Crippen molar-refractivity contribution in [3.8, 4) is 5.75 Å². The van der Waals surface area contributed by atoms with E-state index in [1.165, 1.54) is 11.3 Å². The van der Waals surface area contributed by atoms with Crippen LogP contribution in [0.1, 0.15) is 4.88 Å². The Bertz CT molecular complexity index is 668. The van der Waals surface area contributed by atoms with Gasteiger partial charge in [0.1, 0.15) is 12.4 Å². The molecule has 2 aromatic rings. The fraction of sp³-hybridized carbons (Fsp3) is 0.231. The Balaban J connectivity index is 1.89. The van der Waals surface area contributed by atoms with Gasteiger partial charge >= 0.3 is 0 Å². The Morgan fingerprint density at radius 2 is 2.00 bits per heavy atom. The summed E-state index contributed by atoms with van der Waals surface area (Å²) in [5.74, 6) is 0.723. The fourth-order valence-corrected chi connectivity index (χ4v) is 5.06. The minimum Gasteiger partial charge on any atom is -0.492 e. The molecule has 0 unspecified atom stereocenters. The van der Waals surface area contributed by atoms with E-state index in [1.807, 2.05) is 30.3 Å². The molecule has 1 N–H and O–H groups in total. The number of benzene rings is 1. The molecule has 0 saturated heterocycles. The lowest BCUT2D eigenvalue weighted by Gasteiger charge is -2.08. The van der Waals surface area contributed by atoms with E-state index in [2.05, 4.69) is 20.7 Å². The Morgan fingerprint density at radius 1 is 1.30 bits per heavy atom. The van der Waals surface area contributed by atoms with E-state index in [4.69, 9.17) is 4.74 Å². The van der Waals surface area contributed by atoms with Gasteiger partial charge in [-0.15, -0.1) is 11.3 Å². The lowest BCUT2D eigenvalue weighted by Crippen LogP contribution is -2.28. The summed E-state index contributed by atoms with van der Waals surface area (Å²) in [6.45, 7) is 2.29. The minimum atomic E-state index is -3.47. The van der Waals surface area contributed by atoms with Gasteiger partial charge in [-0.2, -0.15) is 0 Å². The van der Waals surface area contributed by atoms with E-state index >= 15 is 0 Å². The van der Waals surface area contributed by atoms with Crippen LogP contribution < -0.4 is 9.46 Å². The number of halogens is 1. The van der Waals surface area contributed by atoms with Crippen LogP contribution in [0.3, 0.4) is 0 Å². The van der Waals surface area contributed by atoms with Crippen molar-refractivity contribution < 1.29 is 13.2 Å². The van der Waals surface area contributed by atoms with Crippen molar-refractivity contribution in [3.05, 3.63) is 45.1 Å². The molecule has 0 spiro atoms. The van der Waals surface area contributed by atoms with Gasteiger partial charge in [-0.05, 0) is 41.1 Å². The number of hydrogen-bond donors (Lipinski definition) is 1. The molecule has 0 fully saturated rings. The van der Waals surface area contributed by atoms with Gasteiger partial charge in [0.25, 0.3) is 0 Å². The first-order valence-electron chi connectivity index (χ1n) is 5.92. The lowest BCUT2D eigenvalue weighted by molar-refractivity contribution is 0.323. The topological polar surface area (TPSA) is 55.4 Å². The lowest BCUT2D eigenvalue weighted by atomic mass is 10.3. The van der Waals surface area contributed by atoms with Crippen LogP contribution in [0, 0.1) is 6.92 Å². The molecule has 0 radical (unpaired) electrons. The summed E-state index contributed by atoms with van der Waals surface area (Å²) < 4.78 is 33.0. The van der Waals surface area contributed by atoms with Crippen molar-refractivity contribution in [2.45, 2.75) is 11.8 Å². The van der Waals surface area contributed by atoms with Crippen molar-refractivity contribution in [3.63, 3.8) is 0 Å². The molecular weight excluding hydrogens is 362 g/mol. The predicted molar refractivity (Wildman–Crippen MR) is 83.9 cm³/mol. The number of nitrogens with one attached hydrogen (secondary N) is 1. The second-order valence-electron chi connectivity index (χ2n) is 4.03. The van der Waals surface area contributed by atoms with Gasteiger partial charge in [-0.3, -0.25) is 0 Å². The fourth-order valence-electron chi connectivity index (χ4n) is 1.64. The third-order valence-electron chi connectivity index (χ3n) is 2.54. The summed E-state index contributed by atoms with van der Waals surface area (Å²) in [5, 5.41) is 0. The predicted octanol–water partition coefficient (Wildman–Crippen LogP) is 3.18. The van der Waals surface area contributed by atoms with Crippen LogP contribution >= 0.6 is 27.3 Å². The van der Waals surface area contributed by atoms with Gasteiger partial charge in [-0.25, -0.2) is 13.1 Å². The average Bonchev–Trinajstić information content (AvgIpc) is 2.76. The zero-order valence-corrected chi connectivity index (χ0v) is 14.0. The largest absolute Gasteiger partial charge is 0.492 e. The normalized spacial score (nSPS) is 11.5. The summed E-state index contributed by atoms with van der Waals surface area (Å²) in [5.41, 5.74) is 0. The summed E-state index contributed by atoms with van der Waals surface area (Å²) in [7, 11) is -3.47. The molecule has 1 aromatic heterocycles. The highest BCUT2D eigenvalue weighted by atomic mass is 79.9. The van der Waals surface area contributed by atoms with Crippen molar-refractivity contribution in [1.29, 1.82) is 0 Å². The Morgan fingerprint density at radius 3 is 2.60 bits per heavy atom. The molecule has 0 bridgehead atoms. The van der Waals surface area contributed by atoms with Crippen LogP contribution in [0.15, 0.2) is 45.1 Å². The first kappa shape index (κ1) is 15.5. The van der Waals surface area contributed by atoms with Crippen LogP contribution in [0.2, 0.25) is 0 Å². The molecule has 0 aliphatic carbocycles. The maximum atomic E-state index is 12.1. The van der Waals surface area contributed by atoms with Crippen LogP contribution in [-0.2, 0) is 10.0 Å². The quantitative estimate of drug-likeness (QED) is 0.788. The van der Waals surface area contributed by atoms with Gasteiger partial charge in [0.05, 0.1) is 8.68 Å². The number of ether oxygens (including phenoxy) is 1. The van der Waals surface area contributed by atoms with E-state index in [0.29, 0.717) is 4.90 Å². The van der Waals surface area contributed by atoms with Gasteiger partial charge in [0.15, 0.2) is 0 Å². The van der Waals surface area contributed by atoms with Gasteiger partial charge in [-0.1, -0.05) is 18.2 Å². The second kappa shape index (κ2) is 6.71. The van der Waals surface area contributed by atoms with E-state index < -0.39 is 10.0 Å². The number of thiophene rings is 1. The smallest absolute Gasteiger partial charge is 0.241 e. The van der Waals surface area contributed by atoms with Crippen LogP contribution in [0.5, 0.6) is 5.75 Å². The molecule has 0 amide bonds. The molecule has 1 aromatic carbocycles. The summed E-state index contributed by atoms with van der Waals surface area (Å²) >= 11 is 4.69. The Hall–Kier alpha value is -0.890. The van der Waals surface area contributed by atoms with E-state index in [0.717, 1.165) is 14.4 Å². The number of sulfonamides is 1. The third-order valence-corrected chi connectivity index (χ3v) is 5.81. The molecule has 20 heavy (non-hydrogen) atoms. The van der Waals surface area contributed by atoms with Crippen molar-refractivity contribution in [1.82, 2.24) is 4.72 Å². The summed E-state index contributed by atoms with van der Waals surface area (Å²) in [4.78, 5) is 1.07. The summed E-state index contributed by atoms with van der Waals surface area (Å²) in [6, 6.07) is 10.9. The number of para-hydroxylation sites is 1. The molecule has 108 valence electrons. The maximum absolute atomic E-state index is 12.1. The maximum Gasteiger partial charge on any atom is 0.241 e. The third kappa shape index (κ3) is 4.05. The van der Waals surface area contributed by atoms with Crippen LogP contribution in [-0.4, -0.2) is 21.6 Å². The molecule has 1 heterocycles. The number of rotatable bonds is 6. The monoisotopic (exact) mass is 375 g/mol. The van der Waals surface area contributed by atoms with E-state index in [-0.39, 0.29) is 13.2 Å². The Kier molecular flexibility index (Phi) is 5.20. The highest BCUT2D eigenvalue weighted by molar-refractivity contribution is 9.11. The first-order chi connectivity index (χ1) is 9.49. The molecule has 4 nitrogen and oxygen atoms in total. The molecule has 0 saturated carbocycles. The second-order valence-corrected chi connectivity index (χ2v) is 8.40. The van der Waals surface area contributed by atoms with Crippen LogP contribution in [0.25, 0.3) is 0 Å². The SMILES string of the molecule is Cc1sc(Br)cc1S(=O)(=O)NCCOc1ccccc1. The van der Waals surface area contributed by atoms with E-state index in [9.17, 15) is 8.42 Å². The first-order valence-corrected chi connectivity index (χ1v) is 9.02. The molecule has 0 aliphatic rings. The van der Waals surface area contributed by atoms with Crippen LogP contribution in [0.4, 0.5) is 0 Å².